The summed E-state index contributed by atoms with van der Waals surface area (Å²) in [6.07, 6.45) is 3.41. The third-order valence-electron chi connectivity index (χ3n) is 5.85. The van der Waals surface area contributed by atoms with Gasteiger partial charge in [-0.3, -0.25) is 25.0 Å². The van der Waals surface area contributed by atoms with Crippen molar-refractivity contribution >= 4 is 46.6 Å². The number of hydrogen-bond acceptors (Lipinski definition) is 7. The molecule has 0 bridgehead atoms. The average molecular weight is 562 g/mol. The molecule has 0 atom stereocenters. The molecule has 9 nitrogen and oxygen atoms in total. The fourth-order valence-corrected chi connectivity index (χ4v) is 4.32. The number of benzene rings is 3. The number of hydrogen-bond donors (Lipinski definition) is 1. The average Bonchev–Trinajstić information content (AvgIpc) is 2.92. The van der Waals surface area contributed by atoms with Crippen molar-refractivity contribution in [1.29, 1.82) is 0 Å². The van der Waals surface area contributed by atoms with Crippen LogP contribution in [-0.4, -0.2) is 28.5 Å². The Labute approximate surface area is 234 Å². The van der Waals surface area contributed by atoms with Gasteiger partial charge in [-0.05, 0) is 79.2 Å². The van der Waals surface area contributed by atoms with Crippen molar-refractivity contribution in [1.82, 2.24) is 5.32 Å². The van der Waals surface area contributed by atoms with Crippen LogP contribution in [0.4, 0.5) is 15.8 Å². The Hall–Kier alpha value is -4.90. The van der Waals surface area contributed by atoms with Crippen LogP contribution in [0.25, 0.3) is 6.08 Å². The highest BCUT2D eigenvalue weighted by Gasteiger charge is 2.35. The van der Waals surface area contributed by atoms with Crippen LogP contribution in [0.1, 0.15) is 23.6 Å². The molecule has 0 unspecified atom stereocenters. The van der Waals surface area contributed by atoms with E-state index in [0.29, 0.717) is 41.2 Å². The Balaban J connectivity index is 1.70. The Bertz CT molecular complexity index is 1540. The van der Waals surface area contributed by atoms with E-state index >= 15 is 0 Å². The number of rotatable bonds is 10. The second-order valence-electron chi connectivity index (χ2n) is 8.55. The number of anilines is 1. The lowest BCUT2D eigenvalue weighted by molar-refractivity contribution is -0.384. The molecule has 3 aromatic rings. The SMILES string of the molecule is C=CCc1cc(/C=C2\C(=O)NC(=S)N(c3ccccc3F)C2=O)cc(OCC)c1OCc1ccc([N+](=O)[O-])cc1. The van der Waals surface area contributed by atoms with Gasteiger partial charge in [-0.15, -0.1) is 6.58 Å². The summed E-state index contributed by atoms with van der Waals surface area (Å²) in [6.45, 7) is 6.00. The minimum Gasteiger partial charge on any atom is -0.490 e. The molecule has 40 heavy (non-hydrogen) atoms. The van der Waals surface area contributed by atoms with Gasteiger partial charge in [0.2, 0.25) is 0 Å². The fraction of sp³-hybridized carbons (Fsp3) is 0.138. The zero-order valence-corrected chi connectivity index (χ0v) is 22.2. The summed E-state index contributed by atoms with van der Waals surface area (Å²) in [7, 11) is 0. The predicted octanol–water partition coefficient (Wildman–Crippen LogP) is 5.27. The zero-order valence-electron chi connectivity index (χ0n) is 21.4. The maximum Gasteiger partial charge on any atom is 0.270 e. The first-order chi connectivity index (χ1) is 19.2. The molecule has 0 aliphatic carbocycles. The molecule has 0 saturated carbocycles. The number of carbonyl (C=O) groups is 2. The molecule has 2 amide bonds. The molecule has 1 heterocycles. The van der Waals surface area contributed by atoms with Gasteiger partial charge in [0.05, 0.1) is 17.2 Å². The number of nitrogens with zero attached hydrogens (tertiary/aromatic N) is 2. The summed E-state index contributed by atoms with van der Waals surface area (Å²) in [6, 6.07) is 14.9. The third kappa shape index (κ3) is 6.05. The van der Waals surface area contributed by atoms with Gasteiger partial charge in [0, 0.05) is 17.7 Å². The van der Waals surface area contributed by atoms with Gasteiger partial charge >= 0.3 is 0 Å². The molecule has 0 radical (unpaired) electrons. The molecule has 3 aromatic carbocycles. The van der Waals surface area contributed by atoms with Gasteiger partial charge in [0.25, 0.3) is 17.5 Å². The lowest BCUT2D eigenvalue weighted by Gasteiger charge is -2.29. The number of thiocarbonyl (C=S) groups is 1. The Kier molecular flexibility index (Phi) is 8.65. The molecule has 4 rings (SSSR count). The number of para-hydroxylation sites is 1. The maximum atomic E-state index is 14.5. The number of ether oxygens (including phenoxy) is 2. The van der Waals surface area contributed by atoms with Crippen LogP contribution in [0.3, 0.4) is 0 Å². The zero-order chi connectivity index (χ0) is 28.8. The van der Waals surface area contributed by atoms with Crippen LogP contribution in [0, 0.1) is 15.9 Å². The van der Waals surface area contributed by atoms with Crippen molar-refractivity contribution in [3.8, 4) is 11.5 Å². The molecule has 11 heteroatoms. The molecule has 1 aliphatic heterocycles. The van der Waals surface area contributed by atoms with E-state index in [4.69, 9.17) is 21.7 Å². The van der Waals surface area contributed by atoms with Gasteiger partial charge in [0.15, 0.2) is 16.6 Å². The maximum absolute atomic E-state index is 14.5. The summed E-state index contributed by atoms with van der Waals surface area (Å²) in [5.41, 5.74) is 1.48. The number of allylic oxidation sites excluding steroid dienone is 1. The second kappa shape index (κ2) is 12.3. The normalized spacial score (nSPS) is 14.2. The van der Waals surface area contributed by atoms with Gasteiger partial charge in [-0.1, -0.05) is 18.2 Å². The minimum atomic E-state index is -0.777. The van der Waals surface area contributed by atoms with E-state index in [1.54, 1.807) is 43.3 Å². The molecule has 1 aliphatic rings. The quantitative estimate of drug-likeness (QED) is 0.0896. The molecular weight excluding hydrogens is 537 g/mol. The van der Waals surface area contributed by atoms with Crippen LogP contribution in [0.2, 0.25) is 0 Å². The number of carbonyl (C=O) groups excluding carboxylic acids is 2. The standard InChI is InChI=1S/C29H24FN3O6S/c1-3-7-20-14-19(15-22-27(34)31-29(40)32(28(22)35)24-9-6-5-8-23(24)30)16-25(38-4-2)26(20)39-17-18-10-12-21(13-11-18)33(36)37/h3,5-6,8-16H,1,4,7,17H2,2H3,(H,31,34,40)/b22-15+. The number of nitro benzene ring substituents is 1. The van der Waals surface area contributed by atoms with Gasteiger partial charge in [-0.25, -0.2) is 9.29 Å². The van der Waals surface area contributed by atoms with Gasteiger partial charge in [0.1, 0.15) is 18.0 Å². The summed E-state index contributed by atoms with van der Waals surface area (Å²) in [5, 5.41) is 13.2. The van der Waals surface area contributed by atoms with E-state index in [1.807, 2.05) is 0 Å². The fourth-order valence-electron chi connectivity index (χ4n) is 4.05. The highest BCUT2D eigenvalue weighted by atomic mass is 32.1. The van der Waals surface area contributed by atoms with E-state index in [2.05, 4.69) is 11.9 Å². The highest BCUT2D eigenvalue weighted by Crippen LogP contribution is 2.36. The molecule has 1 N–H and O–H groups in total. The van der Waals surface area contributed by atoms with E-state index in [-0.39, 0.29) is 28.7 Å². The molecule has 1 saturated heterocycles. The van der Waals surface area contributed by atoms with Crippen LogP contribution < -0.4 is 19.7 Å². The van der Waals surface area contributed by atoms with E-state index < -0.39 is 22.6 Å². The van der Waals surface area contributed by atoms with E-state index in [1.165, 1.54) is 36.4 Å². The largest absolute Gasteiger partial charge is 0.490 e. The highest BCUT2D eigenvalue weighted by molar-refractivity contribution is 7.80. The summed E-state index contributed by atoms with van der Waals surface area (Å²) in [5.74, 6) is -1.38. The molecular formula is C29H24FN3O6S. The smallest absolute Gasteiger partial charge is 0.270 e. The summed E-state index contributed by atoms with van der Waals surface area (Å²) >= 11 is 5.16. The first-order valence-corrected chi connectivity index (χ1v) is 12.6. The van der Waals surface area contributed by atoms with Crippen molar-refractivity contribution in [3.63, 3.8) is 0 Å². The van der Waals surface area contributed by atoms with E-state index in [9.17, 15) is 24.1 Å². The van der Waals surface area contributed by atoms with Crippen molar-refractivity contribution < 1.29 is 28.4 Å². The molecule has 1 fully saturated rings. The van der Waals surface area contributed by atoms with Crippen molar-refractivity contribution in [2.75, 3.05) is 11.5 Å². The lowest BCUT2D eigenvalue weighted by Crippen LogP contribution is -2.54. The summed E-state index contributed by atoms with van der Waals surface area (Å²) in [4.78, 5) is 37.5. The number of nitrogens with one attached hydrogen (secondary N) is 1. The number of halogens is 1. The van der Waals surface area contributed by atoms with Gasteiger partial charge in [-0.2, -0.15) is 0 Å². The molecule has 204 valence electrons. The van der Waals surface area contributed by atoms with E-state index in [0.717, 1.165) is 4.90 Å². The first kappa shape index (κ1) is 28.1. The van der Waals surface area contributed by atoms with Crippen LogP contribution in [-0.2, 0) is 22.6 Å². The lowest BCUT2D eigenvalue weighted by atomic mass is 10.0. The van der Waals surface area contributed by atoms with Crippen LogP contribution >= 0.6 is 12.2 Å². The second-order valence-corrected chi connectivity index (χ2v) is 8.94. The first-order valence-electron chi connectivity index (χ1n) is 12.2. The van der Waals surface area contributed by atoms with Crippen LogP contribution in [0.15, 0.2) is 78.9 Å². The third-order valence-corrected chi connectivity index (χ3v) is 6.14. The Morgan fingerprint density at radius 2 is 1.85 bits per heavy atom. The molecule has 0 aromatic heterocycles. The van der Waals surface area contributed by atoms with Crippen LogP contribution in [0.5, 0.6) is 11.5 Å². The Morgan fingerprint density at radius 1 is 1.12 bits per heavy atom. The Morgan fingerprint density at radius 3 is 2.50 bits per heavy atom. The van der Waals surface area contributed by atoms with Crippen molar-refractivity contribution in [2.24, 2.45) is 0 Å². The predicted molar refractivity (Wildman–Crippen MR) is 152 cm³/mol. The van der Waals surface area contributed by atoms with Crippen molar-refractivity contribution in [3.05, 3.63) is 112 Å². The minimum absolute atomic E-state index is 0.0286. The number of amides is 2. The topological polar surface area (TPSA) is 111 Å². The summed E-state index contributed by atoms with van der Waals surface area (Å²) < 4.78 is 26.4. The van der Waals surface area contributed by atoms with Crippen molar-refractivity contribution in [2.45, 2.75) is 20.0 Å². The number of non-ortho nitro benzene ring substituents is 1. The molecule has 0 spiro atoms. The van der Waals surface area contributed by atoms with Gasteiger partial charge < -0.3 is 9.47 Å². The monoisotopic (exact) mass is 561 g/mol. The number of nitro groups is 1.